The molecule has 0 bridgehead atoms. The molecule has 0 saturated heterocycles. The van der Waals surface area contributed by atoms with Crippen molar-refractivity contribution in [1.82, 2.24) is 10.3 Å². The highest BCUT2D eigenvalue weighted by Gasteiger charge is 2.12. The molecule has 0 spiro atoms. The number of alkyl halides is 2. The average Bonchev–Trinajstić information content (AvgIpc) is 3.09. The Kier molecular flexibility index (Phi) is 7.51. The van der Waals surface area contributed by atoms with Gasteiger partial charge < -0.3 is 14.8 Å². The molecule has 2 aromatic carbocycles. The fourth-order valence-corrected chi connectivity index (χ4v) is 4.57. The van der Waals surface area contributed by atoms with Gasteiger partial charge in [-0.15, -0.1) is 11.3 Å². The molecule has 0 aliphatic heterocycles. The van der Waals surface area contributed by atoms with E-state index in [9.17, 15) is 13.6 Å². The first kappa shape index (κ1) is 21.6. The maximum absolute atomic E-state index is 12.4. The summed E-state index contributed by atoms with van der Waals surface area (Å²) in [5.41, 5.74) is 1.65. The van der Waals surface area contributed by atoms with Crippen LogP contribution in [0.5, 0.6) is 11.5 Å². The lowest BCUT2D eigenvalue weighted by atomic mass is 10.1. The second-order valence-electron chi connectivity index (χ2n) is 5.84. The van der Waals surface area contributed by atoms with Crippen LogP contribution >= 0.6 is 34.7 Å². The number of hydrogen-bond donors (Lipinski definition) is 1. The van der Waals surface area contributed by atoms with Gasteiger partial charge in [-0.1, -0.05) is 29.4 Å². The average molecular weight is 459 g/mol. The number of carbonyl (C=O) groups excluding carboxylic acids is 1. The number of nitrogens with zero attached hydrogens (tertiary/aromatic N) is 1. The van der Waals surface area contributed by atoms with E-state index in [0.29, 0.717) is 18.0 Å². The van der Waals surface area contributed by atoms with Crippen molar-refractivity contribution in [3.63, 3.8) is 0 Å². The zero-order valence-corrected chi connectivity index (χ0v) is 17.7. The minimum atomic E-state index is -2.92. The monoisotopic (exact) mass is 458 g/mol. The van der Waals surface area contributed by atoms with Gasteiger partial charge in [0.05, 0.1) is 23.1 Å². The van der Waals surface area contributed by atoms with Crippen molar-refractivity contribution in [2.45, 2.75) is 17.4 Å². The van der Waals surface area contributed by atoms with E-state index in [-0.39, 0.29) is 23.2 Å². The molecule has 0 aliphatic rings. The van der Waals surface area contributed by atoms with E-state index < -0.39 is 6.61 Å². The Bertz CT molecular complexity index is 1000. The van der Waals surface area contributed by atoms with E-state index >= 15 is 0 Å². The van der Waals surface area contributed by atoms with Gasteiger partial charge in [-0.25, -0.2) is 4.98 Å². The van der Waals surface area contributed by atoms with Crippen molar-refractivity contribution in [1.29, 1.82) is 0 Å². The minimum Gasteiger partial charge on any atom is -0.493 e. The second-order valence-corrected chi connectivity index (χ2v) is 8.53. The summed E-state index contributed by atoms with van der Waals surface area (Å²) in [7, 11) is 1.38. The van der Waals surface area contributed by atoms with E-state index in [4.69, 9.17) is 16.3 Å². The first-order valence-corrected chi connectivity index (χ1v) is 10.7. The Morgan fingerprint density at radius 3 is 2.86 bits per heavy atom. The fraction of sp³-hybridized carbons (Fsp3) is 0.263. The highest BCUT2D eigenvalue weighted by atomic mass is 35.5. The van der Waals surface area contributed by atoms with Crippen molar-refractivity contribution in [2.75, 3.05) is 19.4 Å². The fourth-order valence-electron chi connectivity index (χ4n) is 2.53. The molecule has 154 valence electrons. The highest BCUT2D eigenvalue weighted by molar-refractivity contribution is 8.01. The van der Waals surface area contributed by atoms with Crippen LogP contribution in [0.25, 0.3) is 10.2 Å². The van der Waals surface area contributed by atoms with Gasteiger partial charge >= 0.3 is 6.61 Å². The van der Waals surface area contributed by atoms with Crippen molar-refractivity contribution in [3.05, 3.63) is 47.0 Å². The molecule has 10 heteroatoms. The summed E-state index contributed by atoms with van der Waals surface area (Å²) in [5, 5.41) is 3.46. The molecule has 0 radical (unpaired) electrons. The number of thioether (sulfide) groups is 1. The number of hydrogen-bond acceptors (Lipinski definition) is 6. The molecule has 0 unspecified atom stereocenters. The lowest BCUT2D eigenvalue weighted by molar-refractivity contribution is -0.118. The normalized spacial score (nSPS) is 11.1. The van der Waals surface area contributed by atoms with Crippen LogP contribution in [-0.4, -0.2) is 36.9 Å². The molecule has 1 amide bonds. The molecule has 5 nitrogen and oxygen atoms in total. The number of aromatic nitrogens is 1. The van der Waals surface area contributed by atoms with Gasteiger partial charge in [-0.2, -0.15) is 8.78 Å². The van der Waals surface area contributed by atoms with E-state index in [1.165, 1.54) is 36.3 Å². The van der Waals surface area contributed by atoms with Crippen LogP contribution in [0.2, 0.25) is 5.02 Å². The van der Waals surface area contributed by atoms with E-state index in [2.05, 4.69) is 15.0 Å². The Morgan fingerprint density at radius 2 is 2.10 bits per heavy atom. The first-order chi connectivity index (χ1) is 13.9. The quantitative estimate of drug-likeness (QED) is 0.457. The third kappa shape index (κ3) is 6.19. The van der Waals surface area contributed by atoms with Gasteiger partial charge in [-0.3, -0.25) is 4.79 Å². The van der Waals surface area contributed by atoms with Crippen molar-refractivity contribution in [3.8, 4) is 11.5 Å². The zero-order chi connectivity index (χ0) is 20.8. The molecule has 1 heterocycles. The van der Waals surface area contributed by atoms with Crippen molar-refractivity contribution < 1.29 is 23.0 Å². The van der Waals surface area contributed by atoms with Gasteiger partial charge in [0.1, 0.15) is 0 Å². The molecule has 0 saturated carbocycles. The summed E-state index contributed by atoms with van der Waals surface area (Å²) in [4.78, 5) is 16.5. The number of rotatable bonds is 9. The Labute approximate surface area is 179 Å². The number of nitrogens with one attached hydrogen (secondary N) is 1. The minimum absolute atomic E-state index is 0.0243. The summed E-state index contributed by atoms with van der Waals surface area (Å²) < 4.78 is 36.0. The molecule has 0 aliphatic carbocycles. The van der Waals surface area contributed by atoms with E-state index in [1.54, 1.807) is 18.2 Å². The maximum Gasteiger partial charge on any atom is 0.387 e. The van der Waals surface area contributed by atoms with E-state index in [0.717, 1.165) is 20.1 Å². The maximum atomic E-state index is 12.4. The lowest BCUT2D eigenvalue weighted by Gasteiger charge is -2.11. The first-order valence-electron chi connectivity index (χ1n) is 8.52. The number of amides is 1. The summed E-state index contributed by atoms with van der Waals surface area (Å²) in [6.45, 7) is -2.51. The van der Waals surface area contributed by atoms with Crippen LogP contribution in [0.4, 0.5) is 8.78 Å². The summed E-state index contributed by atoms with van der Waals surface area (Å²) in [5.74, 6) is 0.333. The van der Waals surface area contributed by atoms with Crippen LogP contribution in [0.15, 0.2) is 40.7 Å². The number of methoxy groups -OCH3 is 1. The molecule has 3 aromatic rings. The Balaban J connectivity index is 1.46. The molecule has 29 heavy (non-hydrogen) atoms. The van der Waals surface area contributed by atoms with Crippen LogP contribution < -0.4 is 14.8 Å². The number of thiazole rings is 1. The topological polar surface area (TPSA) is 60.5 Å². The molecule has 1 N–H and O–H groups in total. The van der Waals surface area contributed by atoms with Crippen molar-refractivity contribution in [2.24, 2.45) is 0 Å². The van der Waals surface area contributed by atoms with Gasteiger partial charge in [0.2, 0.25) is 5.91 Å². The van der Waals surface area contributed by atoms with Crippen LogP contribution in [-0.2, 0) is 11.2 Å². The smallest absolute Gasteiger partial charge is 0.387 e. The van der Waals surface area contributed by atoms with Crippen LogP contribution in [0.1, 0.15) is 5.56 Å². The predicted molar refractivity (Wildman–Crippen MR) is 112 cm³/mol. The van der Waals surface area contributed by atoms with E-state index in [1.807, 2.05) is 12.1 Å². The molecular weight excluding hydrogens is 442 g/mol. The molecule has 0 fully saturated rings. The summed E-state index contributed by atoms with van der Waals surface area (Å²) in [6, 6.07) is 10.2. The number of ether oxygens (including phenoxy) is 2. The summed E-state index contributed by atoms with van der Waals surface area (Å²) in [6.07, 6.45) is 0.529. The highest BCUT2D eigenvalue weighted by Crippen LogP contribution is 2.31. The molecular formula is C19H17ClF2N2O3S2. The summed E-state index contributed by atoms with van der Waals surface area (Å²) >= 11 is 8.84. The third-order valence-corrected chi connectivity index (χ3v) is 6.25. The predicted octanol–water partition coefficient (Wildman–Crippen LogP) is 5.01. The SMILES string of the molecule is COc1cc(CCNC(=O)CSc2nc3cc(Cl)ccc3s2)ccc1OC(F)F. The van der Waals surface area contributed by atoms with Crippen molar-refractivity contribution >= 4 is 50.8 Å². The number of halogens is 3. The lowest BCUT2D eigenvalue weighted by Crippen LogP contribution is -2.27. The Hall–Kier alpha value is -2.10. The number of benzene rings is 2. The van der Waals surface area contributed by atoms with Crippen LogP contribution in [0, 0.1) is 0 Å². The van der Waals surface area contributed by atoms with Gasteiger partial charge in [-0.05, 0) is 42.3 Å². The van der Waals surface area contributed by atoms with Crippen LogP contribution in [0.3, 0.4) is 0 Å². The molecule has 0 atom stereocenters. The molecule has 3 rings (SSSR count). The Morgan fingerprint density at radius 1 is 1.28 bits per heavy atom. The molecule has 1 aromatic heterocycles. The largest absolute Gasteiger partial charge is 0.493 e. The number of fused-ring (bicyclic) bond motifs is 1. The number of carbonyl (C=O) groups is 1. The second kappa shape index (κ2) is 10.1. The standard InChI is InChI=1S/C19H17ClF2N2O3S2/c1-26-15-8-11(2-4-14(15)27-18(21)22)6-7-23-17(25)10-28-19-24-13-9-12(20)3-5-16(13)29-19/h2-5,8-9,18H,6-7,10H2,1H3,(H,23,25). The van der Waals surface area contributed by atoms with Gasteiger partial charge in [0.15, 0.2) is 15.8 Å². The van der Waals surface area contributed by atoms with Gasteiger partial charge in [0.25, 0.3) is 0 Å². The zero-order valence-electron chi connectivity index (χ0n) is 15.3. The third-order valence-electron chi connectivity index (χ3n) is 3.84. The van der Waals surface area contributed by atoms with Gasteiger partial charge in [0, 0.05) is 11.6 Å².